The minimum Gasteiger partial charge on any atom is -0.309 e. The Morgan fingerprint density at radius 3 is 0.617 bits per heavy atom. The van der Waals surface area contributed by atoms with Crippen molar-refractivity contribution < 1.29 is 0 Å². The molecule has 0 spiro atoms. The lowest BCUT2D eigenvalue weighted by Gasteiger charge is -2.14. The SMILES string of the molecule is c1ccc(-c2ccc(-n3c4ccccc4c4ccc(-c5ccc6c7ccccc7n(-c7cc(-c8ccccc8)cc(-c8ccccc8)c7)c6c5)cc43)cc2)cc1.c1ccc(-c2cccc(-n3c4ccccc4c4ccc(-c5ccc6c7ccccc7n(-c7cc(-c8ccccc8)cc(-c8ccccc8)c7)c6c5)cc43)c2)cc1.c1ccc(-n2c3ccccc3c3cc(-c4ccc5c6ccccc6c6ccccc6c5c4)ccc32)cc1. The van der Waals surface area contributed by atoms with Crippen LogP contribution in [0.2, 0.25) is 0 Å². The minimum absolute atomic E-state index is 1.14. The van der Waals surface area contributed by atoms with Crippen LogP contribution < -0.4 is 0 Å². The number of aromatic nitrogens is 5. The number of rotatable bonds is 14. The Kier molecular flexibility index (Phi) is 21.6. The van der Waals surface area contributed by atoms with E-state index in [0.717, 1.165) is 22.7 Å². The Hall–Kier alpha value is -19.7. The normalized spacial score (nSPS) is 11.6. The second kappa shape index (κ2) is 36.9. The van der Waals surface area contributed by atoms with Gasteiger partial charge in [0.2, 0.25) is 0 Å². The molecule has 0 amide bonds. The summed E-state index contributed by atoms with van der Waals surface area (Å²) in [6, 6.07) is 210. The second-order valence-electron chi connectivity index (χ2n) is 38.9. The van der Waals surface area contributed by atoms with Crippen molar-refractivity contribution in [2.75, 3.05) is 0 Å². The molecule has 5 aromatic heterocycles. The largest absolute Gasteiger partial charge is 0.309 e. The highest BCUT2D eigenvalue weighted by Gasteiger charge is 2.24. The highest BCUT2D eigenvalue weighted by molar-refractivity contribution is 6.26. The maximum absolute atomic E-state index is 2.46. The van der Waals surface area contributed by atoms with Crippen LogP contribution in [0.25, 0.3) is 270 Å². The highest BCUT2D eigenvalue weighted by Crippen LogP contribution is 2.47. The summed E-state index contributed by atoms with van der Waals surface area (Å²) < 4.78 is 12.1. The van der Waals surface area contributed by atoms with Gasteiger partial charge in [-0.1, -0.05) is 431 Å². The topological polar surface area (TPSA) is 24.6 Å². The van der Waals surface area contributed by atoms with Gasteiger partial charge in [-0.2, -0.15) is 0 Å². The molecule has 0 N–H and O–H groups in total. The first-order valence-electron chi connectivity index (χ1n) is 51.3. The van der Waals surface area contributed by atoms with E-state index in [9.17, 15) is 0 Å². The van der Waals surface area contributed by atoms with Gasteiger partial charge in [-0.15, -0.1) is 0 Å². The number of hydrogen-bond donors (Lipinski definition) is 0. The maximum Gasteiger partial charge on any atom is 0.0547 e. The van der Waals surface area contributed by atoms with E-state index in [-0.39, 0.29) is 0 Å². The molecule has 149 heavy (non-hydrogen) atoms. The van der Waals surface area contributed by atoms with Crippen molar-refractivity contribution in [2.45, 2.75) is 0 Å². The second-order valence-corrected chi connectivity index (χ2v) is 38.9. The van der Waals surface area contributed by atoms with Crippen LogP contribution in [0.3, 0.4) is 0 Å². The van der Waals surface area contributed by atoms with Gasteiger partial charge in [-0.3, -0.25) is 0 Å². The number of fused-ring (bicyclic) bond motifs is 21. The van der Waals surface area contributed by atoms with E-state index in [0.29, 0.717) is 0 Å². The Balaban J connectivity index is 0.000000110. The molecule has 0 aliphatic heterocycles. The van der Waals surface area contributed by atoms with Gasteiger partial charge in [0.25, 0.3) is 0 Å². The van der Waals surface area contributed by atoms with Crippen LogP contribution in [-0.4, -0.2) is 22.8 Å². The van der Waals surface area contributed by atoms with Gasteiger partial charge in [0, 0.05) is 82.3 Å². The van der Waals surface area contributed by atoms with E-state index < -0.39 is 0 Å². The molecule has 0 fully saturated rings. The molecular formula is C144H95N5. The van der Waals surface area contributed by atoms with E-state index >= 15 is 0 Å². The lowest BCUT2D eigenvalue weighted by Crippen LogP contribution is -1.96. The third kappa shape index (κ3) is 15.5. The Morgan fingerprint density at radius 2 is 0.262 bits per heavy atom. The van der Waals surface area contributed by atoms with Crippen LogP contribution >= 0.6 is 0 Å². The van der Waals surface area contributed by atoms with E-state index in [2.05, 4.69) is 599 Å². The maximum atomic E-state index is 2.46. The Morgan fingerprint density at radius 1 is 0.0738 bits per heavy atom. The van der Waals surface area contributed by atoms with E-state index in [4.69, 9.17) is 0 Å². The fourth-order valence-electron chi connectivity index (χ4n) is 23.4. The van der Waals surface area contributed by atoms with Gasteiger partial charge in [0.1, 0.15) is 0 Å². The molecule has 5 nitrogen and oxygen atoms in total. The zero-order chi connectivity index (χ0) is 98.4. The number of benzene rings is 25. The third-order valence-electron chi connectivity index (χ3n) is 30.4. The number of hydrogen-bond acceptors (Lipinski definition) is 0. The molecule has 30 aromatic rings. The molecule has 696 valence electrons. The fourth-order valence-corrected chi connectivity index (χ4v) is 23.4. The lowest BCUT2D eigenvalue weighted by molar-refractivity contribution is 1.18. The van der Waals surface area contributed by atoms with Crippen LogP contribution in [0.15, 0.2) is 576 Å². The molecule has 25 aromatic carbocycles. The van der Waals surface area contributed by atoms with Crippen molar-refractivity contribution in [1.29, 1.82) is 0 Å². The number of nitrogens with zero attached hydrogens (tertiary/aromatic N) is 5. The van der Waals surface area contributed by atoms with Gasteiger partial charge in [-0.25, -0.2) is 0 Å². The van der Waals surface area contributed by atoms with Gasteiger partial charge in [0.15, 0.2) is 0 Å². The average molecular weight is 1900 g/mol. The molecule has 0 aliphatic carbocycles. The molecule has 0 saturated heterocycles. The summed E-state index contributed by atoms with van der Waals surface area (Å²) in [5.41, 5.74) is 39.4. The average Bonchev–Trinajstić information content (AvgIpc) is 1.32. The first-order valence-corrected chi connectivity index (χ1v) is 51.3. The summed E-state index contributed by atoms with van der Waals surface area (Å²) in [6.07, 6.45) is 0. The Labute approximate surface area is 862 Å². The minimum atomic E-state index is 1.14. The van der Waals surface area contributed by atoms with Gasteiger partial charge in [-0.05, 0) is 278 Å². The fraction of sp³-hybridized carbons (Fsp3) is 0. The summed E-state index contributed by atoms with van der Waals surface area (Å²) in [5.74, 6) is 0. The molecule has 0 radical (unpaired) electrons. The summed E-state index contributed by atoms with van der Waals surface area (Å²) in [7, 11) is 0. The first kappa shape index (κ1) is 87.1. The summed E-state index contributed by atoms with van der Waals surface area (Å²) in [5, 5.41) is 20.4. The number of para-hydroxylation sites is 6. The summed E-state index contributed by atoms with van der Waals surface area (Å²) in [6.45, 7) is 0. The van der Waals surface area contributed by atoms with Gasteiger partial charge >= 0.3 is 0 Å². The standard InChI is InChI=1S/2C54H36N2.C36H23N/c1-4-15-37(16-5-1)40-21-14-22-45(32-40)55-51-25-12-10-23-47(51)49-29-27-41(35-53(49)55)42-28-30-50-48-24-11-13-26-52(48)56(54(50)36-42)46-33-43(38-17-6-2-7-18-38)31-44(34-46)39-19-8-3-9-20-39;1-4-14-37(15-5-1)40-24-28-45(29-25-40)55-51-22-12-10-20-47(51)49-30-26-41(35-53(49)55)42-27-31-50-48-21-11-13-23-52(48)56(54(50)36-42)46-33-43(38-16-6-2-7-17-38)32-44(34-46)39-18-8-3-9-19-39;1-2-10-26(11-3-1)37-35-17-9-8-16-32(35)34-23-25(19-21-36(34)37)24-18-20-31-29-14-5-4-12-27(29)28-13-6-7-15-30(28)33(31)22-24/h2*1-36H;1-23H. The van der Waals surface area contributed by atoms with Crippen LogP contribution in [0.4, 0.5) is 0 Å². The van der Waals surface area contributed by atoms with Crippen molar-refractivity contribution in [3.8, 4) is 129 Å². The first-order chi connectivity index (χ1) is 73.9. The van der Waals surface area contributed by atoms with E-state index in [1.54, 1.807) is 0 Å². The third-order valence-corrected chi connectivity index (χ3v) is 30.4. The molecular weight excluding hydrogens is 1800 g/mol. The molecule has 0 bridgehead atoms. The summed E-state index contributed by atoms with van der Waals surface area (Å²) in [4.78, 5) is 0. The molecule has 0 unspecified atom stereocenters. The molecule has 5 heteroatoms. The summed E-state index contributed by atoms with van der Waals surface area (Å²) >= 11 is 0. The van der Waals surface area contributed by atoms with Crippen molar-refractivity contribution in [3.05, 3.63) is 576 Å². The van der Waals surface area contributed by atoms with Gasteiger partial charge < -0.3 is 22.8 Å². The smallest absolute Gasteiger partial charge is 0.0547 e. The van der Waals surface area contributed by atoms with Crippen LogP contribution in [0.1, 0.15) is 0 Å². The lowest BCUT2D eigenvalue weighted by atomic mass is 9.92. The molecule has 0 aliphatic rings. The molecule has 0 saturated carbocycles. The highest BCUT2D eigenvalue weighted by atomic mass is 15.0. The van der Waals surface area contributed by atoms with Crippen molar-refractivity contribution in [1.82, 2.24) is 22.8 Å². The van der Waals surface area contributed by atoms with Crippen LogP contribution in [0.5, 0.6) is 0 Å². The van der Waals surface area contributed by atoms with Crippen LogP contribution in [-0.2, 0) is 0 Å². The van der Waals surface area contributed by atoms with E-state index in [1.165, 1.54) is 247 Å². The predicted octanol–water partition coefficient (Wildman–Crippen LogP) is 39.0. The van der Waals surface area contributed by atoms with Gasteiger partial charge in [0.05, 0.1) is 55.2 Å². The monoisotopic (exact) mass is 1890 g/mol. The zero-order valence-electron chi connectivity index (χ0n) is 81.6. The molecule has 5 heterocycles. The predicted molar refractivity (Wildman–Crippen MR) is 632 cm³/mol. The Bertz CT molecular complexity index is 10300. The van der Waals surface area contributed by atoms with Crippen LogP contribution in [0, 0.1) is 0 Å². The molecule has 30 rings (SSSR count). The van der Waals surface area contributed by atoms with Crippen molar-refractivity contribution >= 4 is 141 Å². The van der Waals surface area contributed by atoms with Crippen molar-refractivity contribution in [2.24, 2.45) is 0 Å². The zero-order valence-corrected chi connectivity index (χ0v) is 81.6. The van der Waals surface area contributed by atoms with Crippen molar-refractivity contribution in [3.63, 3.8) is 0 Å². The quantitative estimate of drug-likeness (QED) is 0.0970. The molecule has 0 atom stereocenters. The van der Waals surface area contributed by atoms with E-state index in [1.807, 2.05) is 0 Å².